The second-order valence-electron chi connectivity index (χ2n) is 4.88. The lowest BCUT2D eigenvalue weighted by Crippen LogP contribution is -2.38. The Labute approximate surface area is 118 Å². The van der Waals surface area contributed by atoms with Crippen LogP contribution in [0.15, 0.2) is 24.3 Å². The first-order valence-electron chi connectivity index (χ1n) is 6.10. The molecule has 0 saturated carbocycles. The van der Waals surface area contributed by atoms with E-state index >= 15 is 0 Å². The van der Waals surface area contributed by atoms with Crippen LogP contribution >= 0.6 is 11.6 Å². The Kier molecular flexibility index (Phi) is 5.63. The van der Waals surface area contributed by atoms with Crippen molar-refractivity contribution in [3.8, 4) is 0 Å². The number of carbonyl (C=O) groups excluding carboxylic acids is 1. The first kappa shape index (κ1) is 15.8. The smallest absolute Gasteiger partial charge is 0.405 e. The number of benzene rings is 1. The molecule has 0 bridgehead atoms. The molecule has 0 fully saturated rings. The van der Waals surface area contributed by atoms with Gasteiger partial charge in [0.25, 0.3) is 0 Å². The van der Waals surface area contributed by atoms with E-state index in [-0.39, 0.29) is 5.92 Å². The zero-order chi connectivity index (χ0) is 14.5. The van der Waals surface area contributed by atoms with Gasteiger partial charge in [-0.15, -0.1) is 0 Å². The fourth-order valence-corrected chi connectivity index (χ4v) is 2.47. The molecule has 0 spiro atoms. The van der Waals surface area contributed by atoms with Crippen molar-refractivity contribution in [1.29, 1.82) is 0 Å². The highest BCUT2D eigenvalue weighted by atomic mass is 35.5. The van der Waals surface area contributed by atoms with Crippen LogP contribution in [0.4, 0.5) is 4.79 Å². The molecular formula is C14H20ClNO3. The molecule has 5 heteroatoms. The lowest BCUT2D eigenvalue weighted by molar-refractivity contribution is 0.0149. The standard InChI is InChI=1S/C14H20ClNO3/c1-14(2,19-13(16)17)11(8-9-18-3)10-6-4-5-7-12(10)15/h4-7,11H,8-9H2,1-3H3,(H2,16,17)/t11-/m0/s1. The van der Waals surface area contributed by atoms with Crippen LogP contribution in [0.25, 0.3) is 0 Å². The molecule has 0 aromatic heterocycles. The van der Waals surface area contributed by atoms with Crippen LogP contribution in [0, 0.1) is 0 Å². The van der Waals surface area contributed by atoms with Gasteiger partial charge in [0.15, 0.2) is 0 Å². The van der Waals surface area contributed by atoms with Crippen LogP contribution in [0.3, 0.4) is 0 Å². The van der Waals surface area contributed by atoms with Gasteiger partial charge in [0.05, 0.1) is 0 Å². The summed E-state index contributed by atoms with van der Waals surface area (Å²) in [6.45, 7) is 4.18. The molecule has 0 saturated heterocycles. The number of methoxy groups -OCH3 is 1. The summed E-state index contributed by atoms with van der Waals surface area (Å²) in [5, 5.41) is 0.643. The Morgan fingerprint density at radius 3 is 2.58 bits per heavy atom. The van der Waals surface area contributed by atoms with Gasteiger partial charge in [0.1, 0.15) is 5.60 Å². The summed E-state index contributed by atoms with van der Waals surface area (Å²) in [6, 6.07) is 7.51. The van der Waals surface area contributed by atoms with Gasteiger partial charge < -0.3 is 15.2 Å². The van der Waals surface area contributed by atoms with Crippen LogP contribution in [-0.4, -0.2) is 25.4 Å². The minimum absolute atomic E-state index is 0.0892. The molecule has 4 nitrogen and oxygen atoms in total. The third-order valence-electron chi connectivity index (χ3n) is 3.09. The molecule has 19 heavy (non-hydrogen) atoms. The fraction of sp³-hybridized carbons (Fsp3) is 0.500. The van der Waals surface area contributed by atoms with Crippen molar-refractivity contribution in [3.05, 3.63) is 34.9 Å². The number of hydrogen-bond acceptors (Lipinski definition) is 3. The normalized spacial score (nSPS) is 13.1. The van der Waals surface area contributed by atoms with Crippen molar-refractivity contribution in [3.63, 3.8) is 0 Å². The predicted molar refractivity (Wildman–Crippen MR) is 75.4 cm³/mol. The summed E-state index contributed by atoms with van der Waals surface area (Å²) in [5.41, 5.74) is 5.30. The van der Waals surface area contributed by atoms with Crippen LogP contribution in [-0.2, 0) is 9.47 Å². The average Bonchev–Trinajstić information content (AvgIpc) is 2.29. The third kappa shape index (κ3) is 4.40. The Morgan fingerprint density at radius 1 is 1.42 bits per heavy atom. The molecule has 0 aliphatic carbocycles. The van der Waals surface area contributed by atoms with Crippen molar-refractivity contribution < 1.29 is 14.3 Å². The largest absolute Gasteiger partial charge is 0.443 e. The number of ether oxygens (including phenoxy) is 2. The average molecular weight is 286 g/mol. The topological polar surface area (TPSA) is 61.6 Å². The third-order valence-corrected chi connectivity index (χ3v) is 3.44. The summed E-state index contributed by atoms with van der Waals surface area (Å²) in [4.78, 5) is 11.0. The minimum Gasteiger partial charge on any atom is -0.443 e. The summed E-state index contributed by atoms with van der Waals surface area (Å²) < 4.78 is 10.3. The molecule has 1 atom stereocenters. The van der Waals surface area contributed by atoms with Crippen molar-refractivity contribution in [2.24, 2.45) is 5.73 Å². The molecule has 1 rings (SSSR count). The van der Waals surface area contributed by atoms with Crippen molar-refractivity contribution in [2.45, 2.75) is 31.8 Å². The van der Waals surface area contributed by atoms with Crippen LogP contribution in [0.1, 0.15) is 31.7 Å². The van der Waals surface area contributed by atoms with Gasteiger partial charge in [0, 0.05) is 24.7 Å². The lowest BCUT2D eigenvalue weighted by Gasteiger charge is -2.34. The first-order chi connectivity index (χ1) is 8.88. The Balaban J connectivity index is 3.07. The maximum absolute atomic E-state index is 11.0. The summed E-state index contributed by atoms with van der Waals surface area (Å²) in [6.07, 6.45) is -0.111. The van der Waals surface area contributed by atoms with E-state index in [0.717, 1.165) is 5.56 Å². The quantitative estimate of drug-likeness (QED) is 0.872. The fourth-order valence-electron chi connectivity index (χ4n) is 2.20. The minimum atomic E-state index is -0.792. The summed E-state index contributed by atoms with van der Waals surface area (Å²) >= 11 is 6.23. The number of halogens is 1. The second kappa shape index (κ2) is 6.78. The van der Waals surface area contributed by atoms with Crippen molar-refractivity contribution >= 4 is 17.7 Å². The van der Waals surface area contributed by atoms with Crippen LogP contribution in [0.2, 0.25) is 5.02 Å². The molecular weight excluding hydrogens is 266 g/mol. The van der Waals surface area contributed by atoms with Gasteiger partial charge in [-0.1, -0.05) is 29.8 Å². The second-order valence-corrected chi connectivity index (χ2v) is 5.29. The van der Waals surface area contributed by atoms with Gasteiger partial charge in [-0.2, -0.15) is 0 Å². The Morgan fingerprint density at radius 2 is 2.05 bits per heavy atom. The molecule has 0 aliphatic heterocycles. The zero-order valence-corrected chi connectivity index (χ0v) is 12.2. The Hall–Kier alpha value is -1.26. The maximum atomic E-state index is 11.0. The number of carbonyl (C=O) groups is 1. The zero-order valence-electron chi connectivity index (χ0n) is 11.5. The molecule has 106 valence electrons. The molecule has 0 unspecified atom stereocenters. The van der Waals surface area contributed by atoms with Crippen LogP contribution in [0.5, 0.6) is 0 Å². The summed E-state index contributed by atoms with van der Waals surface area (Å²) in [5.74, 6) is -0.0892. The van der Waals surface area contributed by atoms with Crippen LogP contribution < -0.4 is 5.73 Å². The van der Waals surface area contributed by atoms with E-state index in [0.29, 0.717) is 18.1 Å². The highest BCUT2D eigenvalue weighted by molar-refractivity contribution is 6.31. The predicted octanol–water partition coefficient (Wildman–Crippen LogP) is 3.33. The first-order valence-corrected chi connectivity index (χ1v) is 6.48. The van der Waals surface area contributed by atoms with Gasteiger partial charge >= 0.3 is 6.09 Å². The molecule has 0 heterocycles. The molecule has 1 aromatic rings. The van der Waals surface area contributed by atoms with Gasteiger partial charge in [-0.3, -0.25) is 0 Å². The number of primary amides is 1. The van der Waals surface area contributed by atoms with E-state index in [2.05, 4.69) is 0 Å². The molecule has 0 radical (unpaired) electrons. The number of rotatable bonds is 6. The van der Waals surface area contributed by atoms with Gasteiger partial charge in [-0.05, 0) is 31.9 Å². The highest BCUT2D eigenvalue weighted by Crippen LogP contribution is 2.37. The number of hydrogen-bond donors (Lipinski definition) is 1. The van der Waals surface area contributed by atoms with E-state index in [1.807, 2.05) is 38.1 Å². The summed E-state index contributed by atoms with van der Waals surface area (Å²) in [7, 11) is 1.63. The molecule has 1 aromatic carbocycles. The highest BCUT2D eigenvalue weighted by Gasteiger charge is 2.34. The van der Waals surface area contributed by atoms with Crippen molar-refractivity contribution in [2.75, 3.05) is 13.7 Å². The van der Waals surface area contributed by atoms with Gasteiger partial charge in [-0.25, -0.2) is 4.79 Å². The van der Waals surface area contributed by atoms with Crippen molar-refractivity contribution in [1.82, 2.24) is 0 Å². The molecule has 1 amide bonds. The van der Waals surface area contributed by atoms with E-state index in [4.69, 9.17) is 26.8 Å². The number of amides is 1. The number of nitrogens with two attached hydrogens (primary N) is 1. The molecule has 0 aliphatic rings. The Bertz CT molecular complexity index is 434. The lowest BCUT2D eigenvalue weighted by atomic mass is 9.82. The van der Waals surface area contributed by atoms with E-state index < -0.39 is 11.7 Å². The van der Waals surface area contributed by atoms with E-state index in [1.54, 1.807) is 7.11 Å². The van der Waals surface area contributed by atoms with Gasteiger partial charge in [0.2, 0.25) is 0 Å². The monoisotopic (exact) mass is 285 g/mol. The van der Waals surface area contributed by atoms with E-state index in [9.17, 15) is 4.79 Å². The maximum Gasteiger partial charge on any atom is 0.405 e. The molecule has 2 N–H and O–H groups in total. The SMILES string of the molecule is COCC[C@@H](c1ccccc1Cl)C(C)(C)OC(N)=O. The van der Waals surface area contributed by atoms with E-state index in [1.165, 1.54) is 0 Å².